The maximum atomic E-state index is 12.9. The standard InChI is InChI=1S/C21H20N4OS/c1-15(20-23-18-10-6-7-11-19(18)27-20)24(2)21(26)17-12-22-25(14-17)13-16-8-4-3-5-9-16/h3-12,14-15H,13H2,1-2H3/t15-/m1/s1. The number of carbonyl (C=O) groups is 1. The van der Waals surface area contributed by atoms with E-state index in [1.807, 2.05) is 62.5 Å². The van der Waals surface area contributed by atoms with Crippen LogP contribution in [0.15, 0.2) is 67.0 Å². The molecule has 6 heteroatoms. The van der Waals surface area contributed by atoms with Gasteiger partial charge in [-0.15, -0.1) is 11.3 Å². The molecule has 136 valence electrons. The Morgan fingerprint density at radius 3 is 2.67 bits per heavy atom. The van der Waals surface area contributed by atoms with Crippen molar-refractivity contribution in [1.82, 2.24) is 19.7 Å². The van der Waals surface area contributed by atoms with Crippen molar-refractivity contribution in [2.75, 3.05) is 7.05 Å². The van der Waals surface area contributed by atoms with E-state index in [0.29, 0.717) is 12.1 Å². The maximum absolute atomic E-state index is 12.9. The Bertz CT molecular complexity index is 1040. The molecule has 0 radical (unpaired) electrons. The van der Waals surface area contributed by atoms with Crippen molar-refractivity contribution in [3.05, 3.63) is 83.1 Å². The van der Waals surface area contributed by atoms with Gasteiger partial charge in [0.2, 0.25) is 0 Å². The number of amides is 1. The molecule has 0 unspecified atom stereocenters. The SMILES string of the molecule is C[C@H](c1nc2ccccc2s1)N(C)C(=O)c1cnn(Cc2ccccc2)c1. The molecule has 0 N–H and O–H groups in total. The van der Waals surface area contributed by atoms with E-state index in [4.69, 9.17) is 0 Å². The summed E-state index contributed by atoms with van der Waals surface area (Å²) in [6, 6.07) is 18.0. The fraction of sp³-hybridized carbons (Fsp3) is 0.190. The van der Waals surface area contributed by atoms with Crippen LogP contribution in [0.25, 0.3) is 10.2 Å². The van der Waals surface area contributed by atoms with Crippen LogP contribution in [0.5, 0.6) is 0 Å². The minimum atomic E-state index is -0.104. The van der Waals surface area contributed by atoms with E-state index in [1.54, 1.807) is 33.3 Å². The quantitative estimate of drug-likeness (QED) is 0.519. The Balaban J connectivity index is 1.50. The number of carbonyl (C=O) groups excluding carboxylic acids is 1. The van der Waals surface area contributed by atoms with Crippen molar-refractivity contribution in [3.8, 4) is 0 Å². The molecule has 1 atom stereocenters. The van der Waals surface area contributed by atoms with Crippen molar-refractivity contribution in [1.29, 1.82) is 0 Å². The monoisotopic (exact) mass is 376 g/mol. The number of para-hydroxylation sites is 1. The average molecular weight is 376 g/mol. The fourth-order valence-corrected chi connectivity index (χ4v) is 4.01. The Hall–Kier alpha value is -2.99. The summed E-state index contributed by atoms with van der Waals surface area (Å²) in [6.45, 7) is 2.65. The van der Waals surface area contributed by atoms with Gasteiger partial charge in [0.25, 0.3) is 5.91 Å². The van der Waals surface area contributed by atoms with Gasteiger partial charge >= 0.3 is 0 Å². The van der Waals surface area contributed by atoms with Gasteiger partial charge in [-0.1, -0.05) is 42.5 Å². The molecule has 0 aliphatic carbocycles. The molecule has 0 spiro atoms. The molecule has 2 aromatic carbocycles. The number of hydrogen-bond donors (Lipinski definition) is 0. The highest BCUT2D eigenvalue weighted by Crippen LogP contribution is 2.29. The van der Waals surface area contributed by atoms with Crippen LogP contribution in [-0.4, -0.2) is 32.6 Å². The normalized spacial score (nSPS) is 12.2. The summed E-state index contributed by atoms with van der Waals surface area (Å²) in [5, 5.41) is 5.27. The van der Waals surface area contributed by atoms with Crippen molar-refractivity contribution in [2.24, 2.45) is 0 Å². The third kappa shape index (κ3) is 3.61. The van der Waals surface area contributed by atoms with E-state index in [1.165, 1.54) is 0 Å². The van der Waals surface area contributed by atoms with E-state index < -0.39 is 0 Å². The predicted octanol–water partition coefficient (Wildman–Crippen LogP) is 4.37. The van der Waals surface area contributed by atoms with E-state index in [-0.39, 0.29) is 11.9 Å². The van der Waals surface area contributed by atoms with E-state index >= 15 is 0 Å². The molecule has 0 aliphatic rings. The van der Waals surface area contributed by atoms with Gasteiger partial charge in [0.05, 0.1) is 34.6 Å². The lowest BCUT2D eigenvalue weighted by Crippen LogP contribution is -2.29. The smallest absolute Gasteiger partial charge is 0.257 e. The maximum Gasteiger partial charge on any atom is 0.257 e. The molecule has 4 aromatic rings. The minimum absolute atomic E-state index is 0.0546. The molecular weight excluding hydrogens is 356 g/mol. The van der Waals surface area contributed by atoms with Gasteiger partial charge in [-0.25, -0.2) is 4.98 Å². The van der Waals surface area contributed by atoms with Crippen molar-refractivity contribution < 1.29 is 4.79 Å². The number of benzene rings is 2. The number of fused-ring (bicyclic) bond motifs is 1. The minimum Gasteiger partial charge on any atom is -0.332 e. The summed E-state index contributed by atoms with van der Waals surface area (Å²) in [5.74, 6) is -0.0546. The molecule has 2 heterocycles. The van der Waals surface area contributed by atoms with E-state index in [9.17, 15) is 4.79 Å². The largest absolute Gasteiger partial charge is 0.332 e. The Morgan fingerprint density at radius 2 is 1.89 bits per heavy atom. The summed E-state index contributed by atoms with van der Waals surface area (Å²) in [5.41, 5.74) is 2.71. The second-order valence-electron chi connectivity index (χ2n) is 6.52. The van der Waals surface area contributed by atoms with Crippen LogP contribution in [0.4, 0.5) is 0 Å². The highest BCUT2D eigenvalue weighted by atomic mass is 32.1. The van der Waals surface area contributed by atoms with Gasteiger partial charge in [-0.05, 0) is 24.6 Å². The summed E-state index contributed by atoms with van der Waals surface area (Å²) in [7, 11) is 1.81. The van der Waals surface area contributed by atoms with Crippen molar-refractivity contribution in [3.63, 3.8) is 0 Å². The molecule has 27 heavy (non-hydrogen) atoms. The first-order valence-corrected chi connectivity index (χ1v) is 9.62. The van der Waals surface area contributed by atoms with E-state index in [0.717, 1.165) is 20.8 Å². The Kier molecular flexibility index (Phi) is 4.73. The van der Waals surface area contributed by atoms with Crippen LogP contribution in [0.2, 0.25) is 0 Å². The van der Waals surface area contributed by atoms with Gasteiger partial charge in [0.1, 0.15) is 5.01 Å². The lowest BCUT2D eigenvalue weighted by molar-refractivity contribution is 0.0742. The van der Waals surface area contributed by atoms with Crippen molar-refractivity contribution >= 4 is 27.5 Å². The number of hydrogen-bond acceptors (Lipinski definition) is 4. The molecule has 1 amide bonds. The molecule has 5 nitrogen and oxygen atoms in total. The molecule has 4 rings (SSSR count). The zero-order valence-electron chi connectivity index (χ0n) is 15.2. The van der Waals surface area contributed by atoms with Crippen LogP contribution in [0, 0.1) is 0 Å². The Morgan fingerprint density at radius 1 is 1.15 bits per heavy atom. The summed E-state index contributed by atoms with van der Waals surface area (Å²) >= 11 is 1.63. The molecule has 0 fully saturated rings. The Labute approximate surface area is 161 Å². The summed E-state index contributed by atoms with van der Waals surface area (Å²) in [6.07, 6.45) is 3.43. The summed E-state index contributed by atoms with van der Waals surface area (Å²) in [4.78, 5) is 19.3. The predicted molar refractivity (Wildman–Crippen MR) is 108 cm³/mol. The van der Waals surface area contributed by atoms with Crippen LogP contribution < -0.4 is 0 Å². The highest BCUT2D eigenvalue weighted by molar-refractivity contribution is 7.18. The van der Waals surface area contributed by atoms with Crippen LogP contribution in [-0.2, 0) is 6.54 Å². The number of aromatic nitrogens is 3. The highest BCUT2D eigenvalue weighted by Gasteiger charge is 2.22. The molecule has 0 aliphatic heterocycles. The molecule has 0 saturated heterocycles. The molecule has 0 bridgehead atoms. The third-order valence-corrected chi connectivity index (χ3v) is 5.84. The van der Waals surface area contributed by atoms with Crippen LogP contribution >= 0.6 is 11.3 Å². The lowest BCUT2D eigenvalue weighted by Gasteiger charge is -2.22. The van der Waals surface area contributed by atoms with Gasteiger partial charge < -0.3 is 4.90 Å². The molecular formula is C21H20N4OS. The molecule has 0 saturated carbocycles. The third-order valence-electron chi connectivity index (χ3n) is 4.64. The topological polar surface area (TPSA) is 51.0 Å². The number of nitrogens with zero attached hydrogens (tertiary/aromatic N) is 4. The van der Waals surface area contributed by atoms with Gasteiger partial charge in [0, 0.05) is 13.2 Å². The van der Waals surface area contributed by atoms with Gasteiger partial charge in [-0.2, -0.15) is 5.10 Å². The van der Waals surface area contributed by atoms with Crippen LogP contribution in [0.3, 0.4) is 0 Å². The zero-order valence-corrected chi connectivity index (χ0v) is 16.1. The number of rotatable bonds is 5. The first kappa shape index (κ1) is 17.4. The molecule has 2 aromatic heterocycles. The van der Waals surface area contributed by atoms with Crippen molar-refractivity contribution in [2.45, 2.75) is 19.5 Å². The first-order valence-electron chi connectivity index (χ1n) is 8.81. The average Bonchev–Trinajstić information content (AvgIpc) is 3.34. The second kappa shape index (κ2) is 7.32. The van der Waals surface area contributed by atoms with Gasteiger partial charge in [-0.3, -0.25) is 9.48 Å². The second-order valence-corrected chi connectivity index (χ2v) is 7.59. The summed E-state index contributed by atoms with van der Waals surface area (Å²) < 4.78 is 2.93. The zero-order chi connectivity index (χ0) is 18.8. The first-order chi connectivity index (χ1) is 13.1. The van der Waals surface area contributed by atoms with Crippen LogP contribution in [0.1, 0.15) is 33.9 Å². The fourth-order valence-electron chi connectivity index (χ4n) is 2.94. The van der Waals surface area contributed by atoms with E-state index in [2.05, 4.69) is 16.1 Å². The lowest BCUT2D eigenvalue weighted by atomic mass is 10.2. The number of thiazole rings is 1. The van der Waals surface area contributed by atoms with Gasteiger partial charge in [0.15, 0.2) is 0 Å².